The Morgan fingerprint density at radius 3 is 2.44 bits per heavy atom. The van der Waals surface area contributed by atoms with Crippen molar-refractivity contribution >= 4 is 5.91 Å². The topological polar surface area (TPSA) is 29.5 Å². The summed E-state index contributed by atoms with van der Waals surface area (Å²) in [7, 11) is 1.69. The smallest absolute Gasteiger partial charge is 0.227 e. The zero-order valence-electron chi connectivity index (χ0n) is 11.3. The van der Waals surface area contributed by atoms with E-state index < -0.39 is 0 Å². The highest BCUT2D eigenvalue weighted by atomic mass is 16.5. The highest BCUT2D eigenvalue weighted by Crippen LogP contribution is 2.27. The molecule has 1 aliphatic carbocycles. The normalized spacial score (nSPS) is 15.2. The van der Waals surface area contributed by atoms with Crippen LogP contribution in [0.15, 0.2) is 36.6 Å². The summed E-state index contributed by atoms with van der Waals surface area (Å²) in [5.41, 5.74) is 1.16. The number of ether oxygens (including phenoxy) is 1. The van der Waals surface area contributed by atoms with Crippen molar-refractivity contribution in [3.05, 3.63) is 36.6 Å². The molecule has 0 atom stereocenters. The van der Waals surface area contributed by atoms with Crippen molar-refractivity contribution in [3.63, 3.8) is 0 Å². The van der Waals surface area contributed by atoms with Crippen molar-refractivity contribution in [2.75, 3.05) is 20.2 Å². The fourth-order valence-corrected chi connectivity index (χ4v) is 2.26. The van der Waals surface area contributed by atoms with Gasteiger partial charge in [0.25, 0.3) is 0 Å². The fourth-order valence-electron chi connectivity index (χ4n) is 2.26. The van der Waals surface area contributed by atoms with E-state index in [1.807, 2.05) is 0 Å². The summed E-state index contributed by atoms with van der Waals surface area (Å²) >= 11 is 0. The molecule has 18 heavy (non-hydrogen) atoms. The highest BCUT2D eigenvalue weighted by Gasteiger charge is 2.19. The van der Waals surface area contributed by atoms with E-state index in [1.165, 1.54) is 0 Å². The molecule has 0 aromatic rings. The number of methoxy groups -OCH3 is 1. The first kappa shape index (κ1) is 14.6. The van der Waals surface area contributed by atoms with E-state index in [4.69, 9.17) is 4.74 Å². The number of nitrogens with zero attached hydrogens (tertiary/aromatic N) is 1. The summed E-state index contributed by atoms with van der Waals surface area (Å²) in [6, 6.07) is 0. The number of allylic oxidation sites excluding steroid dienone is 1. The largest absolute Gasteiger partial charge is 0.501 e. The summed E-state index contributed by atoms with van der Waals surface area (Å²) < 4.78 is 5.37. The third kappa shape index (κ3) is 4.06. The molecule has 0 N–H and O–H groups in total. The van der Waals surface area contributed by atoms with Crippen LogP contribution in [-0.2, 0) is 9.53 Å². The van der Waals surface area contributed by atoms with Crippen molar-refractivity contribution in [3.8, 4) is 0 Å². The molecule has 0 spiro atoms. The van der Waals surface area contributed by atoms with Gasteiger partial charge < -0.3 is 9.64 Å². The van der Waals surface area contributed by atoms with Gasteiger partial charge in [-0.15, -0.1) is 13.2 Å². The first-order valence-corrected chi connectivity index (χ1v) is 6.47. The molecule has 0 aromatic heterocycles. The number of rotatable bonds is 7. The van der Waals surface area contributed by atoms with Gasteiger partial charge in [0.05, 0.1) is 19.3 Å². The van der Waals surface area contributed by atoms with Gasteiger partial charge >= 0.3 is 0 Å². The number of carbonyl (C=O) groups is 1. The quantitative estimate of drug-likeness (QED) is 0.649. The lowest BCUT2D eigenvalue weighted by Gasteiger charge is -2.23. The Morgan fingerprint density at radius 1 is 1.28 bits per heavy atom. The monoisotopic (exact) mass is 249 g/mol. The van der Waals surface area contributed by atoms with E-state index >= 15 is 0 Å². The summed E-state index contributed by atoms with van der Waals surface area (Å²) in [6.45, 7) is 8.50. The second-order valence-corrected chi connectivity index (χ2v) is 4.49. The van der Waals surface area contributed by atoms with Gasteiger partial charge in [0.1, 0.15) is 0 Å². The third-order valence-electron chi connectivity index (χ3n) is 3.19. The number of carbonyl (C=O) groups excluding carboxylic acids is 1. The zero-order chi connectivity index (χ0) is 13.4. The molecular formula is C15H23NO2. The second-order valence-electron chi connectivity index (χ2n) is 4.49. The van der Waals surface area contributed by atoms with Gasteiger partial charge in [0.2, 0.25) is 5.91 Å². The van der Waals surface area contributed by atoms with Crippen molar-refractivity contribution in [2.45, 2.75) is 32.1 Å². The lowest BCUT2D eigenvalue weighted by molar-refractivity contribution is -0.129. The van der Waals surface area contributed by atoms with Gasteiger partial charge in [0, 0.05) is 19.5 Å². The molecule has 0 aliphatic heterocycles. The molecule has 1 rings (SSSR count). The summed E-state index contributed by atoms with van der Waals surface area (Å²) in [5, 5.41) is 0. The van der Waals surface area contributed by atoms with Crippen LogP contribution in [0.4, 0.5) is 0 Å². The average Bonchev–Trinajstić information content (AvgIpc) is 2.39. The highest BCUT2D eigenvalue weighted by molar-refractivity contribution is 5.79. The number of hydrogen-bond acceptors (Lipinski definition) is 2. The lowest BCUT2D eigenvalue weighted by atomic mass is 9.95. The molecule has 0 radical (unpaired) electrons. The predicted octanol–water partition coefficient (Wildman–Crippen LogP) is 3.05. The van der Waals surface area contributed by atoms with Gasteiger partial charge in [-0.05, 0) is 24.8 Å². The van der Waals surface area contributed by atoms with E-state index in [0.29, 0.717) is 19.5 Å². The van der Waals surface area contributed by atoms with Crippen LogP contribution in [0, 0.1) is 0 Å². The van der Waals surface area contributed by atoms with Crippen molar-refractivity contribution in [2.24, 2.45) is 0 Å². The molecule has 0 saturated carbocycles. The molecule has 0 saturated heterocycles. The Hall–Kier alpha value is -1.51. The van der Waals surface area contributed by atoms with Crippen LogP contribution in [0.5, 0.6) is 0 Å². The molecule has 3 nitrogen and oxygen atoms in total. The van der Waals surface area contributed by atoms with E-state index in [0.717, 1.165) is 37.0 Å². The fraction of sp³-hybridized carbons (Fsp3) is 0.533. The molecule has 100 valence electrons. The summed E-state index contributed by atoms with van der Waals surface area (Å²) in [4.78, 5) is 14.0. The Morgan fingerprint density at radius 2 is 1.89 bits per heavy atom. The molecule has 3 heteroatoms. The van der Waals surface area contributed by atoms with Crippen LogP contribution in [0.2, 0.25) is 0 Å². The number of amides is 1. The van der Waals surface area contributed by atoms with E-state index in [2.05, 4.69) is 13.2 Å². The van der Waals surface area contributed by atoms with Crippen molar-refractivity contribution in [1.29, 1.82) is 0 Å². The molecular weight excluding hydrogens is 226 g/mol. The minimum Gasteiger partial charge on any atom is -0.501 e. The first-order chi connectivity index (χ1) is 8.72. The third-order valence-corrected chi connectivity index (χ3v) is 3.19. The van der Waals surface area contributed by atoms with Gasteiger partial charge in [-0.1, -0.05) is 12.2 Å². The standard InChI is InChI=1S/C15H23NO2/c1-4-10-16(11-5-2)15(17)12-13-8-6-7-9-14(13)18-3/h4-5H,1-2,6-12H2,3H3. The van der Waals surface area contributed by atoms with Gasteiger partial charge in [-0.3, -0.25) is 4.79 Å². The van der Waals surface area contributed by atoms with Crippen molar-refractivity contribution in [1.82, 2.24) is 4.90 Å². The van der Waals surface area contributed by atoms with Crippen LogP contribution < -0.4 is 0 Å². The predicted molar refractivity (Wildman–Crippen MR) is 74.1 cm³/mol. The SMILES string of the molecule is C=CCN(CC=C)C(=O)CC1=C(OC)CCCC1. The van der Waals surface area contributed by atoms with Crippen LogP contribution in [0.3, 0.4) is 0 Å². The first-order valence-electron chi connectivity index (χ1n) is 6.47. The van der Waals surface area contributed by atoms with Crippen LogP contribution >= 0.6 is 0 Å². The van der Waals surface area contributed by atoms with E-state index in [9.17, 15) is 4.79 Å². The minimum atomic E-state index is 0.126. The van der Waals surface area contributed by atoms with Crippen LogP contribution in [0.1, 0.15) is 32.1 Å². The maximum atomic E-state index is 12.2. The molecule has 0 heterocycles. The maximum Gasteiger partial charge on any atom is 0.227 e. The molecule has 1 amide bonds. The minimum absolute atomic E-state index is 0.126. The van der Waals surface area contributed by atoms with Gasteiger partial charge in [-0.2, -0.15) is 0 Å². The molecule has 0 bridgehead atoms. The Bertz CT molecular complexity index is 334. The molecule has 1 aliphatic rings. The van der Waals surface area contributed by atoms with Crippen LogP contribution in [0.25, 0.3) is 0 Å². The molecule has 0 unspecified atom stereocenters. The van der Waals surface area contributed by atoms with Crippen molar-refractivity contribution < 1.29 is 9.53 Å². The second kappa shape index (κ2) is 7.75. The Kier molecular flexibility index (Phi) is 6.26. The van der Waals surface area contributed by atoms with Gasteiger partial charge in [0.15, 0.2) is 0 Å². The Balaban J connectivity index is 2.68. The Labute approximate surface area is 110 Å². The summed E-state index contributed by atoms with van der Waals surface area (Å²) in [6.07, 6.45) is 8.20. The van der Waals surface area contributed by atoms with E-state index in [-0.39, 0.29) is 5.91 Å². The lowest BCUT2D eigenvalue weighted by Crippen LogP contribution is -2.31. The van der Waals surface area contributed by atoms with E-state index in [1.54, 1.807) is 24.2 Å². The molecule has 0 fully saturated rings. The number of hydrogen-bond donors (Lipinski definition) is 0. The maximum absolute atomic E-state index is 12.2. The van der Waals surface area contributed by atoms with Gasteiger partial charge in [-0.25, -0.2) is 0 Å². The molecule has 0 aromatic carbocycles. The summed E-state index contributed by atoms with van der Waals surface area (Å²) in [5.74, 6) is 1.13. The van der Waals surface area contributed by atoms with Crippen LogP contribution in [-0.4, -0.2) is 31.0 Å². The average molecular weight is 249 g/mol. The zero-order valence-corrected chi connectivity index (χ0v) is 11.3.